The molecule has 4 nitrogen and oxygen atoms in total. The lowest BCUT2D eigenvalue weighted by Gasteiger charge is -2.37. The number of methoxy groups -OCH3 is 1. The maximum Gasteiger partial charge on any atom is 0.166 e. The van der Waals surface area contributed by atoms with Crippen molar-refractivity contribution >= 4 is 15.9 Å². The second-order valence-electron chi connectivity index (χ2n) is 5.99. The minimum atomic E-state index is 0.271. The summed E-state index contributed by atoms with van der Waals surface area (Å²) < 4.78 is 12.9. The van der Waals surface area contributed by atoms with E-state index < -0.39 is 0 Å². The average Bonchev–Trinajstić information content (AvgIpc) is 2.47. The van der Waals surface area contributed by atoms with Crippen LogP contribution in [-0.4, -0.2) is 44.8 Å². The molecule has 2 fully saturated rings. The van der Waals surface area contributed by atoms with E-state index in [2.05, 4.69) is 39.3 Å². The molecule has 1 unspecified atom stereocenters. The molecule has 116 valence electrons. The Kier molecular flexibility index (Phi) is 4.72. The first-order valence-electron chi connectivity index (χ1n) is 7.63. The van der Waals surface area contributed by atoms with E-state index in [0.29, 0.717) is 6.04 Å². The number of rotatable bonds is 4. The van der Waals surface area contributed by atoms with Crippen LogP contribution in [0.1, 0.15) is 30.9 Å². The fourth-order valence-electron chi connectivity index (χ4n) is 3.13. The molecule has 0 spiro atoms. The van der Waals surface area contributed by atoms with Crippen LogP contribution in [0.3, 0.4) is 0 Å². The third kappa shape index (κ3) is 3.35. The highest BCUT2D eigenvalue weighted by Gasteiger charge is 2.29. The SMILES string of the molecule is COc1cc(Br)cc(C2CCCCN2)c1OC1CN(C)C1. The molecule has 21 heavy (non-hydrogen) atoms. The van der Waals surface area contributed by atoms with Crippen molar-refractivity contribution in [3.63, 3.8) is 0 Å². The molecular formula is C16H23BrN2O2. The van der Waals surface area contributed by atoms with Crippen LogP contribution in [0.15, 0.2) is 16.6 Å². The van der Waals surface area contributed by atoms with Gasteiger partial charge in [-0.15, -0.1) is 0 Å². The van der Waals surface area contributed by atoms with Gasteiger partial charge in [-0.3, -0.25) is 4.90 Å². The van der Waals surface area contributed by atoms with Crippen LogP contribution in [0, 0.1) is 0 Å². The van der Waals surface area contributed by atoms with Gasteiger partial charge in [-0.05, 0) is 38.6 Å². The molecule has 1 aromatic rings. The molecule has 0 bridgehead atoms. The number of piperidine rings is 1. The molecule has 2 aliphatic heterocycles. The first kappa shape index (κ1) is 15.1. The minimum Gasteiger partial charge on any atom is -0.493 e. The van der Waals surface area contributed by atoms with E-state index in [1.54, 1.807) is 7.11 Å². The third-order valence-corrected chi connectivity index (χ3v) is 4.73. The predicted molar refractivity (Wildman–Crippen MR) is 87.2 cm³/mol. The highest BCUT2D eigenvalue weighted by atomic mass is 79.9. The summed E-state index contributed by atoms with van der Waals surface area (Å²) in [4.78, 5) is 2.26. The van der Waals surface area contributed by atoms with Crippen molar-refractivity contribution in [3.8, 4) is 11.5 Å². The molecular weight excluding hydrogens is 332 g/mol. The molecule has 2 heterocycles. The van der Waals surface area contributed by atoms with Crippen LogP contribution in [0.5, 0.6) is 11.5 Å². The van der Waals surface area contributed by atoms with Crippen molar-refractivity contribution in [1.29, 1.82) is 0 Å². The van der Waals surface area contributed by atoms with E-state index in [-0.39, 0.29) is 6.10 Å². The summed E-state index contributed by atoms with van der Waals surface area (Å²) in [6.07, 6.45) is 3.94. The summed E-state index contributed by atoms with van der Waals surface area (Å²) in [5, 5.41) is 3.61. The van der Waals surface area contributed by atoms with Crippen LogP contribution in [0.4, 0.5) is 0 Å². The largest absolute Gasteiger partial charge is 0.493 e. The van der Waals surface area contributed by atoms with E-state index in [1.807, 2.05) is 6.07 Å². The Morgan fingerprint density at radius 1 is 1.29 bits per heavy atom. The van der Waals surface area contributed by atoms with Crippen LogP contribution in [0.25, 0.3) is 0 Å². The number of hydrogen-bond donors (Lipinski definition) is 1. The molecule has 0 amide bonds. The fraction of sp³-hybridized carbons (Fsp3) is 0.625. The fourth-order valence-corrected chi connectivity index (χ4v) is 3.58. The van der Waals surface area contributed by atoms with Gasteiger partial charge in [0.05, 0.1) is 7.11 Å². The zero-order valence-corrected chi connectivity index (χ0v) is 14.3. The standard InChI is InChI=1S/C16H23BrN2O2/c1-19-9-12(10-19)21-16-13(14-5-3-4-6-18-14)7-11(17)8-15(16)20-2/h7-8,12,14,18H,3-6,9-10H2,1-2H3. The molecule has 0 aromatic heterocycles. The number of hydrogen-bond acceptors (Lipinski definition) is 4. The summed E-state index contributed by atoms with van der Waals surface area (Å²) in [6, 6.07) is 4.52. The van der Waals surface area contributed by atoms with Crippen molar-refractivity contribution < 1.29 is 9.47 Å². The topological polar surface area (TPSA) is 33.7 Å². The van der Waals surface area contributed by atoms with Crippen molar-refractivity contribution in [3.05, 3.63) is 22.2 Å². The lowest BCUT2D eigenvalue weighted by molar-refractivity contribution is 0.0357. The number of likely N-dealkylation sites (tertiary alicyclic amines) is 1. The Hall–Kier alpha value is -0.780. The van der Waals surface area contributed by atoms with Gasteiger partial charge in [-0.25, -0.2) is 0 Å². The highest BCUT2D eigenvalue weighted by Crippen LogP contribution is 2.41. The van der Waals surface area contributed by atoms with Crippen molar-refractivity contribution in [2.45, 2.75) is 31.4 Å². The maximum atomic E-state index is 6.25. The molecule has 1 atom stereocenters. The monoisotopic (exact) mass is 354 g/mol. The van der Waals surface area contributed by atoms with Gasteiger partial charge in [0.25, 0.3) is 0 Å². The van der Waals surface area contributed by atoms with E-state index in [0.717, 1.165) is 42.0 Å². The number of nitrogens with zero attached hydrogens (tertiary/aromatic N) is 1. The Balaban J connectivity index is 1.89. The van der Waals surface area contributed by atoms with Crippen molar-refractivity contribution in [1.82, 2.24) is 10.2 Å². The second-order valence-corrected chi connectivity index (χ2v) is 6.91. The summed E-state index contributed by atoms with van der Waals surface area (Å²) in [6.45, 7) is 3.04. The lowest BCUT2D eigenvalue weighted by Crippen LogP contribution is -2.51. The molecule has 0 aliphatic carbocycles. The van der Waals surface area contributed by atoms with Gasteiger partial charge < -0.3 is 14.8 Å². The molecule has 2 saturated heterocycles. The van der Waals surface area contributed by atoms with E-state index in [9.17, 15) is 0 Å². The van der Waals surface area contributed by atoms with Gasteiger partial charge in [-0.1, -0.05) is 22.4 Å². The summed E-state index contributed by atoms with van der Waals surface area (Å²) in [7, 11) is 3.82. The zero-order chi connectivity index (χ0) is 14.8. The second kappa shape index (κ2) is 6.55. The van der Waals surface area contributed by atoms with Crippen LogP contribution in [-0.2, 0) is 0 Å². The summed E-state index contributed by atoms with van der Waals surface area (Å²) in [5.74, 6) is 1.74. The maximum absolute atomic E-state index is 6.25. The number of ether oxygens (including phenoxy) is 2. The highest BCUT2D eigenvalue weighted by molar-refractivity contribution is 9.10. The minimum absolute atomic E-state index is 0.271. The molecule has 1 N–H and O–H groups in total. The number of nitrogens with one attached hydrogen (secondary N) is 1. The van der Waals surface area contributed by atoms with Gasteiger partial charge in [0, 0.05) is 29.2 Å². The van der Waals surface area contributed by atoms with Crippen LogP contribution >= 0.6 is 15.9 Å². The van der Waals surface area contributed by atoms with E-state index in [1.165, 1.54) is 18.4 Å². The Morgan fingerprint density at radius 2 is 2.10 bits per heavy atom. The van der Waals surface area contributed by atoms with E-state index >= 15 is 0 Å². The van der Waals surface area contributed by atoms with Crippen molar-refractivity contribution in [2.75, 3.05) is 33.8 Å². The molecule has 0 radical (unpaired) electrons. The Labute approximate surface area is 134 Å². The van der Waals surface area contributed by atoms with Gasteiger partial charge in [0.1, 0.15) is 6.10 Å². The lowest BCUT2D eigenvalue weighted by atomic mass is 9.96. The van der Waals surface area contributed by atoms with E-state index in [4.69, 9.17) is 9.47 Å². The molecule has 5 heteroatoms. The predicted octanol–water partition coefficient (Wildman–Crippen LogP) is 2.97. The quantitative estimate of drug-likeness (QED) is 0.901. The zero-order valence-electron chi connectivity index (χ0n) is 12.7. The Morgan fingerprint density at radius 3 is 2.71 bits per heavy atom. The van der Waals surface area contributed by atoms with Crippen LogP contribution in [0.2, 0.25) is 0 Å². The van der Waals surface area contributed by atoms with Gasteiger partial charge in [0.15, 0.2) is 11.5 Å². The normalized spacial score (nSPS) is 23.7. The third-order valence-electron chi connectivity index (χ3n) is 4.27. The molecule has 1 aromatic carbocycles. The van der Waals surface area contributed by atoms with Crippen molar-refractivity contribution in [2.24, 2.45) is 0 Å². The molecule has 0 saturated carbocycles. The number of halogens is 1. The number of benzene rings is 1. The van der Waals surface area contributed by atoms with Gasteiger partial charge in [-0.2, -0.15) is 0 Å². The molecule has 3 rings (SSSR count). The van der Waals surface area contributed by atoms with Gasteiger partial charge >= 0.3 is 0 Å². The Bertz CT molecular complexity index is 497. The summed E-state index contributed by atoms with van der Waals surface area (Å²) in [5.41, 5.74) is 1.22. The average molecular weight is 355 g/mol. The van der Waals surface area contributed by atoms with Crippen LogP contribution < -0.4 is 14.8 Å². The first-order valence-corrected chi connectivity index (χ1v) is 8.42. The summed E-state index contributed by atoms with van der Waals surface area (Å²) >= 11 is 3.59. The van der Waals surface area contributed by atoms with Gasteiger partial charge in [0.2, 0.25) is 0 Å². The number of likely N-dealkylation sites (N-methyl/N-ethyl adjacent to an activating group) is 1. The molecule has 2 aliphatic rings. The smallest absolute Gasteiger partial charge is 0.166 e. The first-order chi connectivity index (χ1) is 10.2.